The predicted molar refractivity (Wildman–Crippen MR) is 106 cm³/mol. The maximum Gasteiger partial charge on any atom is 0.265 e. The van der Waals surface area contributed by atoms with Gasteiger partial charge in [-0.2, -0.15) is 0 Å². The Hall–Kier alpha value is -2.42. The summed E-state index contributed by atoms with van der Waals surface area (Å²) >= 11 is 0. The monoisotopic (exact) mass is 404 g/mol. The first-order valence-electron chi connectivity index (χ1n) is 9.03. The number of fused-ring (bicyclic) bond motifs is 1. The number of hydrogen-bond acceptors (Lipinski definition) is 5. The Kier molecular flexibility index (Phi) is 6.02. The van der Waals surface area contributed by atoms with Gasteiger partial charge in [-0.1, -0.05) is 10.5 Å². The second kappa shape index (κ2) is 8.30. The largest absolute Gasteiger partial charge is 0.481 e. The van der Waals surface area contributed by atoms with E-state index >= 15 is 0 Å². The average Bonchev–Trinajstić information content (AvgIpc) is 3.15. The van der Waals surface area contributed by atoms with Crippen molar-refractivity contribution in [2.75, 3.05) is 19.5 Å². The van der Waals surface area contributed by atoms with Crippen molar-refractivity contribution in [2.45, 2.75) is 37.2 Å². The van der Waals surface area contributed by atoms with Gasteiger partial charge in [0.2, 0.25) is 0 Å². The van der Waals surface area contributed by atoms with Gasteiger partial charge in [0.05, 0.1) is 12.0 Å². The number of carbonyl (C=O) groups excluding carboxylic acids is 1. The minimum absolute atomic E-state index is 0.0669. The van der Waals surface area contributed by atoms with Gasteiger partial charge in [-0.15, -0.1) is 0 Å². The van der Waals surface area contributed by atoms with Crippen LogP contribution in [0.3, 0.4) is 0 Å². The summed E-state index contributed by atoms with van der Waals surface area (Å²) in [5, 5.41) is 2.73. The van der Waals surface area contributed by atoms with E-state index in [9.17, 15) is 13.2 Å². The highest BCUT2D eigenvalue weighted by molar-refractivity contribution is 7.89. The fourth-order valence-corrected chi connectivity index (χ4v) is 4.05. The molecular weight excluding hydrogens is 380 g/mol. The van der Waals surface area contributed by atoms with Crippen LogP contribution in [-0.2, 0) is 32.5 Å². The van der Waals surface area contributed by atoms with Crippen LogP contribution in [0.5, 0.6) is 5.75 Å². The lowest BCUT2D eigenvalue weighted by atomic mass is 10.1. The highest BCUT2D eigenvalue weighted by atomic mass is 32.2. The third-order valence-electron chi connectivity index (χ3n) is 4.77. The molecule has 2 aromatic carbocycles. The van der Waals surface area contributed by atoms with Crippen molar-refractivity contribution in [1.82, 2.24) is 4.47 Å². The first-order valence-corrected chi connectivity index (χ1v) is 10.5. The summed E-state index contributed by atoms with van der Waals surface area (Å²) in [5.41, 5.74) is 3.11. The molecule has 7 nitrogen and oxygen atoms in total. The van der Waals surface area contributed by atoms with Crippen molar-refractivity contribution in [1.29, 1.82) is 0 Å². The molecule has 2 aromatic rings. The van der Waals surface area contributed by atoms with Crippen molar-refractivity contribution < 1.29 is 22.8 Å². The smallest absolute Gasteiger partial charge is 0.265 e. The molecular formula is C20H24N2O5S. The van der Waals surface area contributed by atoms with Gasteiger partial charge in [-0.25, -0.2) is 8.42 Å². The normalized spacial score (nSPS) is 14.6. The van der Waals surface area contributed by atoms with Crippen LogP contribution in [0.2, 0.25) is 0 Å². The summed E-state index contributed by atoms with van der Waals surface area (Å²) < 4.78 is 30.9. The van der Waals surface area contributed by atoms with Crippen LogP contribution in [0.15, 0.2) is 47.4 Å². The third-order valence-corrected chi connectivity index (χ3v) is 6.46. The van der Waals surface area contributed by atoms with Crippen LogP contribution >= 0.6 is 0 Å². The molecule has 0 fully saturated rings. The van der Waals surface area contributed by atoms with Gasteiger partial charge in [0, 0.05) is 12.7 Å². The molecule has 0 spiro atoms. The average molecular weight is 404 g/mol. The number of sulfonamides is 1. The lowest BCUT2D eigenvalue weighted by Gasteiger charge is -2.16. The van der Waals surface area contributed by atoms with Crippen LogP contribution in [0.4, 0.5) is 5.69 Å². The summed E-state index contributed by atoms with van der Waals surface area (Å²) in [5.74, 6) is 0.359. The van der Waals surface area contributed by atoms with E-state index in [0.29, 0.717) is 11.4 Å². The molecule has 0 radical (unpaired) electrons. The maximum atomic E-state index is 12.4. The summed E-state index contributed by atoms with van der Waals surface area (Å²) in [6, 6.07) is 11.8. The molecule has 0 heterocycles. The number of anilines is 1. The van der Waals surface area contributed by atoms with E-state index < -0.39 is 16.1 Å². The van der Waals surface area contributed by atoms with Gasteiger partial charge in [-0.05, 0) is 73.7 Å². The fourth-order valence-electron chi connectivity index (χ4n) is 3.08. The molecule has 0 bridgehead atoms. The van der Waals surface area contributed by atoms with E-state index in [0.717, 1.165) is 23.7 Å². The highest BCUT2D eigenvalue weighted by Gasteiger charge is 2.21. The van der Waals surface area contributed by atoms with Gasteiger partial charge in [0.15, 0.2) is 6.10 Å². The molecule has 0 saturated heterocycles. The van der Waals surface area contributed by atoms with Crippen molar-refractivity contribution in [3.05, 3.63) is 53.6 Å². The Morgan fingerprint density at radius 1 is 1.11 bits per heavy atom. The van der Waals surface area contributed by atoms with E-state index in [-0.39, 0.29) is 10.8 Å². The van der Waals surface area contributed by atoms with E-state index in [4.69, 9.17) is 9.57 Å². The SMILES string of the molecule is CON(C)S(=O)(=O)c1ccc(NC(=O)C(C)Oc2ccc3c(c2)CCC3)cc1. The zero-order valence-corrected chi connectivity index (χ0v) is 17.0. The van der Waals surface area contributed by atoms with Crippen LogP contribution < -0.4 is 10.1 Å². The van der Waals surface area contributed by atoms with Gasteiger partial charge < -0.3 is 10.1 Å². The molecule has 1 amide bonds. The van der Waals surface area contributed by atoms with Crippen LogP contribution in [-0.4, -0.2) is 39.1 Å². The molecule has 0 saturated carbocycles. The van der Waals surface area contributed by atoms with Crippen molar-refractivity contribution >= 4 is 21.6 Å². The third kappa shape index (κ3) is 4.35. The fraction of sp³-hybridized carbons (Fsp3) is 0.350. The number of nitrogens with zero attached hydrogens (tertiary/aromatic N) is 1. The Bertz CT molecular complexity index is 957. The number of nitrogens with one attached hydrogen (secondary N) is 1. The Morgan fingerprint density at radius 3 is 2.46 bits per heavy atom. The molecule has 0 aliphatic heterocycles. The van der Waals surface area contributed by atoms with Crippen molar-refractivity contribution in [2.24, 2.45) is 0 Å². The van der Waals surface area contributed by atoms with Gasteiger partial charge >= 0.3 is 0 Å². The number of hydroxylamine groups is 1. The lowest BCUT2D eigenvalue weighted by Crippen LogP contribution is -2.30. The number of amides is 1. The second-order valence-electron chi connectivity index (χ2n) is 6.66. The Labute approximate surface area is 165 Å². The quantitative estimate of drug-likeness (QED) is 0.718. The molecule has 0 aromatic heterocycles. The molecule has 1 aliphatic rings. The van der Waals surface area contributed by atoms with E-state index in [1.54, 1.807) is 6.92 Å². The first kappa shape index (κ1) is 20.3. The zero-order valence-electron chi connectivity index (χ0n) is 16.1. The van der Waals surface area contributed by atoms with Crippen LogP contribution in [0.1, 0.15) is 24.5 Å². The minimum atomic E-state index is -3.72. The number of rotatable bonds is 7. The number of ether oxygens (including phenoxy) is 1. The summed E-state index contributed by atoms with van der Waals surface area (Å²) in [7, 11) is -1.14. The van der Waals surface area contributed by atoms with Crippen molar-refractivity contribution in [3.8, 4) is 5.75 Å². The van der Waals surface area contributed by atoms with Gasteiger partial charge in [0.1, 0.15) is 5.75 Å². The van der Waals surface area contributed by atoms with Crippen molar-refractivity contribution in [3.63, 3.8) is 0 Å². The molecule has 3 rings (SSSR count). The highest BCUT2D eigenvalue weighted by Crippen LogP contribution is 2.26. The topological polar surface area (TPSA) is 84.9 Å². The number of benzene rings is 2. The number of hydrogen-bond donors (Lipinski definition) is 1. The standard InChI is InChI=1S/C20H24N2O5S/c1-14(27-18-10-7-15-5-4-6-16(15)13-18)20(23)21-17-8-11-19(12-9-17)28(24,25)22(2)26-3/h7-14H,4-6H2,1-3H3,(H,21,23). The summed E-state index contributed by atoms with van der Waals surface area (Å²) in [6.07, 6.45) is 2.60. The molecule has 1 N–H and O–H groups in total. The lowest BCUT2D eigenvalue weighted by molar-refractivity contribution is -0.122. The van der Waals surface area contributed by atoms with Crippen LogP contribution in [0, 0.1) is 0 Å². The molecule has 1 unspecified atom stereocenters. The molecule has 28 heavy (non-hydrogen) atoms. The predicted octanol–water partition coefficient (Wildman–Crippen LogP) is 2.76. The van der Waals surface area contributed by atoms with Gasteiger partial charge in [0.25, 0.3) is 15.9 Å². The minimum Gasteiger partial charge on any atom is -0.481 e. The summed E-state index contributed by atoms with van der Waals surface area (Å²) in [4.78, 5) is 17.2. The Balaban J connectivity index is 1.62. The molecule has 1 atom stereocenters. The number of aryl methyl sites for hydroxylation is 2. The van der Waals surface area contributed by atoms with Crippen LogP contribution in [0.25, 0.3) is 0 Å². The zero-order chi connectivity index (χ0) is 20.3. The second-order valence-corrected chi connectivity index (χ2v) is 8.59. The molecule has 8 heteroatoms. The number of carbonyl (C=O) groups is 1. The maximum absolute atomic E-state index is 12.4. The van der Waals surface area contributed by atoms with E-state index in [1.807, 2.05) is 12.1 Å². The van der Waals surface area contributed by atoms with E-state index in [2.05, 4.69) is 11.4 Å². The van der Waals surface area contributed by atoms with Gasteiger partial charge in [-0.3, -0.25) is 9.63 Å². The molecule has 1 aliphatic carbocycles. The molecule has 150 valence electrons. The Morgan fingerprint density at radius 2 is 1.79 bits per heavy atom. The first-order chi connectivity index (χ1) is 13.3. The van der Waals surface area contributed by atoms with E-state index in [1.165, 1.54) is 49.5 Å². The summed E-state index contributed by atoms with van der Waals surface area (Å²) in [6.45, 7) is 1.68.